The van der Waals surface area contributed by atoms with Crippen LogP contribution in [0.25, 0.3) is 0 Å². The summed E-state index contributed by atoms with van der Waals surface area (Å²) in [5.41, 5.74) is 3.51. The van der Waals surface area contributed by atoms with Gasteiger partial charge in [0, 0.05) is 6.42 Å². The molecule has 1 saturated heterocycles. The molecule has 1 aliphatic rings. The molecule has 2 amide bonds. The zero-order valence-corrected chi connectivity index (χ0v) is 11.0. The molecule has 19 heavy (non-hydrogen) atoms. The third kappa shape index (κ3) is 3.71. The van der Waals surface area contributed by atoms with Crippen molar-refractivity contribution in [2.75, 3.05) is 0 Å². The Kier molecular flexibility index (Phi) is 4.39. The van der Waals surface area contributed by atoms with Crippen LogP contribution in [0.3, 0.4) is 0 Å². The molecule has 1 aromatic carbocycles. The highest BCUT2D eigenvalue weighted by molar-refractivity contribution is 5.79. The van der Waals surface area contributed by atoms with Crippen LogP contribution in [0.15, 0.2) is 30.3 Å². The molecule has 2 rings (SSSR count). The lowest BCUT2D eigenvalue weighted by atomic mass is 10.1. The molecular weight excluding hydrogens is 244 g/mol. The number of hydrogen-bond donors (Lipinski definition) is 1. The molecule has 0 bridgehead atoms. The molecule has 1 aromatic rings. The second-order valence-electron chi connectivity index (χ2n) is 4.69. The largest absolute Gasteiger partial charge is 0.443 e. The van der Waals surface area contributed by atoms with Crippen molar-refractivity contribution in [3.05, 3.63) is 35.9 Å². The molecule has 0 spiro atoms. The summed E-state index contributed by atoms with van der Waals surface area (Å²) in [6, 6.07) is 9.41. The molecule has 1 aliphatic heterocycles. The third-order valence-electron chi connectivity index (χ3n) is 3.11. The number of rotatable bonds is 2. The van der Waals surface area contributed by atoms with Crippen molar-refractivity contribution in [2.24, 2.45) is 0 Å². The Morgan fingerprint density at radius 3 is 2.89 bits per heavy atom. The normalized spacial score (nSPS) is 19.5. The zero-order chi connectivity index (χ0) is 13.7. The van der Waals surface area contributed by atoms with Gasteiger partial charge in [-0.25, -0.2) is 9.80 Å². The topological polar surface area (TPSA) is 58.6 Å². The number of carbonyl (C=O) groups is 2. The molecule has 0 aromatic heterocycles. The summed E-state index contributed by atoms with van der Waals surface area (Å²) in [6.07, 6.45) is 1.52. The fourth-order valence-corrected chi connectivity index (χ4v) is 2.00. The van der Waals surface area contributed by atoms with Crippen LogP contribution in [0.2, 0.25) is 0 Å². The summed E-state index contributed by atoms with van der Waals surface area (Å²) >= 11 is 0. The second kappa shape index (κ2) is 6.22. The van der Waals surface area contributed by atoms with Crippen LogP contribution >= 0.6 is 0 Å². The molecular formula is C14H18N2O3. The van der Waals surface area contributed by atoms with Gasteiger partial charge in [-0.1, -0.05) is 30.3 Å². The maximum absolute atomic E-state index is 12.0. The van der Waals surface area contributed by atoms with Gasteiger partial charge < -0.3 is 4.74 Å². The van der Waals surface area contributed by atoms with E-state index in [1.54, 1.807) is 0 Å². The fraction of sp³-hybridized carbons (Fsp3) is 0.429. The number of nitrogens with zero attached hydrogens (tertiary/aromatic N) is 1. The molecule has 0 radical (unpaired) electrons. The lowest BCUT2D eigenvalue weighted by Gasteiger charge is -2.26. The smallest absolute Gasteiger partial charge is 0.429 e. The summed E-state index contributed by atoms with van der Waals surface area (Å²) in [6.45, 7) is 2.11. The molecule has 1 unspecified atom stereocenters. The summed E-state index contributed by atoms with van der Waals surface area (Å²) in [7, 11) is 0. The average Bonchev–Trinajstić information content (AvgIpc) is 2.59. The minimum atomic E-state index is -0.508. The van der Waals surface area contributed by atoms with Gasteiger partial charge in [-0.15, -0.1) is 0 Å². The van der Waals surface area contributed by atoms with E-state index in [-0.39, 0.29) is 18.6 Å². The molecule has 5 nitrogen and oxygen atoms in total. The number of amides is 2. The summed E-state index contributed by atoms with van der Waals surface area (Å²) < 4.78 is 5.21. The van der Waals surface area contributed by atoms with Gasteiger partial charge in [0.15, 0.2) is 0 Å². The highest BCUT2D eigenvalue weighted by atomic mass is 16.6. The van der Waals surface area contributed by atoms with Crippen molar-refractivity contribution in [3.8, 4) is 0 Å². The Hall–Kier alpha value is -2.04. The minimum Gasteiger partial charge on any atom is -0.443 e. The lowest BCUT2D eigenvalue weighted by molar-refractivity contribution is -0.125. The first-order valence-electron chi connectivity index (χ1n) is 6.46. The van der Waals surface area contributed by atoms with E-state index >= 15 is 0 Å². The summed E-state index contributed by atoms with van der Waals surface area (Å²) in [5.74, 6) is -0.138. The van der Waals surface area contributed by atoms with Crippen LogP contribution in [0.4, 0.5) is 4.79 Å². The van der Waals surface area contributed by atoms with E-state index in [0.29, 0.717) is 6.42 Å². The maximum Gasteiger partial charge on any atom is 0.429 e. The SMILES string of the molecule is CC1CCCC(=O)NN1C(=O)OCc1ccccc1. The van der Waals surface area contributed by atoms with Crippen molar-refractivity contribution in [2.45, 2.75) is 38.8 Å². The predicted octanol–water partition coefficient (Wildman–Crippen LogP) is 2.23. The van der Waals surface area contributed by atoms with Crippen LogP contribution in [0.1, 0.15) is 31.7 Å². The van der Waals surface area contributed by atoms with Crippen molar-refractivity contribution in [1.82, 2.24) is 10.4 Å². The number of hydrazine groups is 1. The lowest BCUT2D eigenvalue weighted by Crippen LogP contribution is -2.49. The van der Waals surface area contributed by atoms with E-state index in [9.17, 15) is 9.59 Å². The van der Waals surface area contributed by atoms with Crippen LogP contribution < -0.4 is 5.43 Å². The Labute approximate surface area is 112 Å². The van der Waals surface area contributed by atoms with Gasteiger partial charge in [0.2, 0.25) is 5.91 Å². The van der Waals surface area contributed by atoms with E-state index in [1.165, 1.54) is 5.01 Å². The van der Waals surface area contributed by atoms with Crippen molar-refractivity contribution >= 4 is 12.0 Å². The van der Waals surface area contributed by atoms with E-state index in [0.717, 1.165) is 18.4 Å². The Bertz CT molecular complexity index is 447. The first-order valence-corrected chi connectivity index (χ1v) is 6.46. The summed E-state index contributed by atoms with van der Waals surface area (Å²) in [5, 5.41) is 1.29. The summed E-state index contributed by atoms with van der Waals surface area (Å²) in [4.78, 5) is 23.4. The molecule has 1 atom stereocenters. The van der Waals surface area contributed by atoms with Gasteiger partial charge in [0.1, 0.15) is 6.61 Å². The molecule has 5 heteroatoms. The van der Waals surface area contributed by atoms with Gasteiger partial charge >= 0.3 is 6.09 Å². The quantitative estimate of drug-likeness (QED) is 0.889. The molecule has 102 valence electrons. The zero-order valence-electron chi connectivity index (χ0n) is 11.0. The number of hydrogen-bond acceptors (Lipinski definition) is 3. The highest BCUT2D eigenvalue weighted by Crippen LogP contribution is 2.13. The number of nitrogens with one attached hydrogen (secondary N) is 1. The van der Waals surface area contributed by atoms with Crippen LogP contribution in [-0.2, 0) is 16.1 Å². The molecule has 1 heterocycles. The first kappa shape index (κ1) is 13.4. The monoisotopic (exact) mass is 262 g/mol. The number of carbonyl (C=O) groups excluding carboxylic acids is 2. The molecule has 0 saturated carbocycles. The average molecular weight is 262 g/mol. The first-order chi connectivity index (χ1) is 9.16. The van der Waals surface area contributed by atoms with Crippen LogP contribution in [0, 0.1) is 0 Å². The van der Waals surface area contributed by atoms with Gasteiger partial charge in [0.25, 0.3) is 0 Å². The van der Waals surface area contributed by atoms with Crippen molar-refractivity contribution in [3.63, 3.8) is 0 Å². The van der Waals surface area contributed by atoms with Gasteiger partial charge in [0.05, 0.1) is 6.04 Å². The number of benzene rings is 1. The number of ether oxygens (including phenoxy) is 1. The Morgan fingerprint density at radius 1 is 1.42 bits per heavy atom. The van der Waals surface area contributed by atoms with Crippen molar-refractivity contribution < 1.29 is 14.3 Å². The van der Waals surface area contributed by atoms with Crippen molar-refractivity contribution in [1.29, 1.82) is 0 Å². The fourth-order valence-electron chi connectivity index (χ4n) is 2.00. The maximum atomic E-state index is 12.0. The second-order valence-corrected chi connectivity index (χ2v) is 4.69. The minimum absolute atomic E-state index is 0.0466. The standard InChI is InChI=1S/C14H18N2O3/c1-11-6-5-9-13(17)15-16(11)14(18)19-10-12-7-3-2-4-8-12/h2-4,7-8,11H,5-6,9-10H2,1H3,(H,15,17). The Balaban J connectivity index is 1.92. The van der Waals surface area contributed by atoms with E-state index in [4.69, 9.17) is 4.74 Å². The van der Waals surface area contributed by atoms with E-state index < -0.39 is 6.09 Å². The van der Waals surface area contributed by atoms with E-state index in [2.05, 4.69) is 5.43 Å². The van der Waals surface area contributed by atoms with Crippen LogP contribution in [0.5, 0.6) is 0 Å². The molecule has 1 N–H and O–H groups in total. The third-order valence-corrected chi connectivity index (χ3v) is 3.11. The predicted molar refractivity (Wildman–Crippen MR) is 69.9 cm³/mol. The Morgan fingerprint density at radius 2 is 2.16 bits per heavy atom. The van der Waals surface area contributed by atoms with Gasteiger partial charge in [-0.2, -0.15) is 0 Å². The molecule has 0 aliphatic carbocycles. The molecule has 1 fully saturated rings. The highest BCUT2D eigenvalue weighted by Gasteiger charge is 2.26. The van der Waals surface area contributed by atoms with Crippen LogP contribution in [-0.4, -0.2) is 23.1 Å². The van der Waals surface area contributed by atoms with Gasteiger partial charge in [-0.3, -0.25) is 10.2 Å². The van der Waals surface area contributed by atoms with Gasteiger partial charge in [-0.05, 0) is 25.3 Å². The van der Waals surface area contributed by atoms with E-state index in [1.807, 2.05) is 37.3 Å².